The van der Waals surface area contributed by atoms with E-state index in [1.54, 1.807) is 0 Å². The van der Waals surface area contributed by atoms with E-state index in [0.29, 0.717) is 30.5 Å². The third-order valence-corrected chi connectivity index (χ3v) is 9.86. The summed E-state index contributed by atoms with van der Waals surface area (Å²) in [7, 11) is 2.68. The van der Waals surface area contributed by atoms with Gasteiger partial charge in [-0.2, -0.15) is 0 Å². The van der Waals surface area contributed by atoms with Crippen molar-refractivity contribution < 1.29 is 29.0 Å². The van der Waals surface area contributed by atoms with Gasteiger partial charge in [0, 0.05) is 19.5 Å². The lowest BCUT2D eigenvalue weighted by Crippen LogP contribution is -2.60. The van der Waals surface area contributed by atoms with Gasteiger partial charge >= 0.3 is 0 Å². The van der Waals surface area contributed by atoms with Crippen molar-refractivity contribution >= 4 is 58.4 Å². The first-order chi connectivity index (χ1) is 16.9. The Hall–Kier alpha value is -2.29. The molecule has 4 aliphatic rings. The second-order valence-electron chi connectivity index (χ2n) is 9.88. The van der Waals surface area contributed by atoms with Crippen LogP contribution in [0, 0.1) is 17.8 Å². The number of halogens is 3. The fraction of sp³-hybridized carbons (Fsp3) is 0.520. The maximum Gasteiger partial charge on any atom is 0.253 e. The molecule has 192 valence electrons. The summed E-state index contributed by atoms with van der Waals surface area (Å²) >= 11 is 20.5. The molecule has 8 nitrogen and oxygen atoms in total. The van der Waals surface area contributed by atoms with Crippen molar-refractivity contribution in [1.29, 1.82) is 0 Å². The Kier molecular flexibility index (Phi) is 5.89. The number of amides is 4. The van der Waals surface area contributed by atoms with Gasteiger partial charge in [-0.05, 0) is 42.9 Å². The zero-order chi connectivity index (χ0) is 26.3. The monoisotopic (exact) mass is 554 g/mol. The predicted octanol–water partition coefficient (Wildman–Crippen LogP) is 3.45. The van der Waals surface area contributed by atoms with E-state index >= 15 is 0 Å². The number of likely N-dealkylation sites (tertiary alicyclic amines) is 2. The minimum atomic E-state index is -1.92. The second-order valence-corrected chi connectivity index (χ2v) is 11.5. The lowest BCUT2D eigenvalue weighted by Gasteiger charge is -2.50. The molecule has 0 bridgehead atoms. The zero-order valence-electron chi connectivity index (χ0n) is 19.9. The molecule has 0 aromatic heterocycles. The highest BCUT2D eigenvalue weighted by Gasteiger charge is 2.75. The number of aromatic hydroxyl groups is 1. The molecule has 1 saturated carbocycles. The zero-order valence-corrected chi connectivity index (χ0v) is 22.2. The number of imide groups is 2. The van der Waals surface area contributed by atoms with Crippen molar-refractivity contribution in [2.45, 2.75) is 41.9 Å². The molecule has 1 aromatic carbocycles. The molecule has 2 heterocycles. The Balaban J connectivity index is 1.74. The average Bonchev–Trinajstić information content (AvgIpc) is 3.16. The summed E-state index contributed by atoms with van der Waals surface area (Å²) in [5.74, 6) is -4.93. The molecular weight excluding hydrogens is 531 g/mol. The Morgan fingerprint density at radius 3 is 2.44 bits per heavy atom. The highest BCUT2D eigenvalue weighted by molar-refractivity contribution is 6.53. The van der Waals surface area contributed by atoms with Crippen LogP contribution in [0.25, 0.3) is 0 Å². The van der Waals surface area contributed by atoms with Crippen LogP contribution >= 0.6 is 34.8 Å². The lowest BCUT2D eigenvalue weighted by molar-refractivity contribution is -0.141. The van der Waals surface area contributed by atoms with Gasteiger partial charge < -0.3 is 9.84 Å². The van der Waals surface area contributed by atoms with E-state index in [9.17, 15) is 24.3 Å². The summed E-state index contributed by atoms with van der Waals surface area (Å²) in [6.07, 6.45) is 2.69. The minimum absolute atomic E-state index is 0.0347. The largest absolute Gasteiger partial charge is 0.503 e. The fourth-order valence-corrected chi connectivity index (χ4v) is 7.78. The third-order valence-electron chi connectivity index (χ3n) is 8.16. The molecule has 3 fully saturated rings. The number of hydrogen-bond donors (Lipinski definition) is 1. The molecular formula is C25H25Cl3N2O6. The van der Waals surface area contributed by atoms with Gasteiger partial charge in [0.2, 0.25) is 11.8 Å². The third kappa shape index (κ3) is 3.01. The van der Waals surface area contributed by atoms with E-state index in [1.165, 1.54) is 31.2 Å². The van der Waals surface area contributed by atoms with Crippen molar-refractivity contribution in [1.82, 2.24) is 9.80 Å². The van der Waals surface area contributed by atoms with Gasteiger partial charge in [0.25, 0.3) is 11.8 Å². The molecule has 0 radical (unpaired) electrons. The van der Waals surface area contributed by atoms with Crippen LogP contribution in [-0.2, 0) is 19.2 Å². The van der Waals surface area contributed by atoms with Crippen LogP contribution in [0.2, 0.25) is 5.02 Å². The van der Waals surface area contributed by atoms with Crippen LogP contribution in [0.3, 0.4) is 0 Å². The van der Waals surface area contributed by atoms with Crippen LogP contribution in [0.5, 0.6) is 11.5 Å². The van der Waals surface area contributed by atoms with E-state index in [-0.39, 0.29) is 34.8 Å². The number of alkyl halides is 2. The molecule has 2 saturated heterocycles. The number of benzene rings is 1. The summed E-state index contributed by atoms with van der Waals surface area (Å²) < 4.78 is 5.28. The van der Waals surface area contributed by atoms with E-state index < -0.39 is 45.2 Å². The lowest BCUT2D eigenvalue weighted by atomic mass is 9.56. The highest BCUT2D eigenvalue weighted by Crippen LogP contribution is 2.65. The number of phenolic OH excluding ortho intramolecular Hbond substituents is 1. The first-order valence-electron chi connectivity index (χ1n) is 11.8. The van der Waals surface area contributed by atoms with Gasteiger partial charge in [-0.1, -0.05) is 30.2 Å². The molecule has 0 unspecified atom stereocenters. The van der Waals surface area contributed by atoms with E-state index in [1.807, 2.05) is 13.0 Å². The van der Waals surface area contributed by atoms with Crippen molar-refractivity contribution in [3.05, 3.63) is 34.4 Å². The molecule has 2 aliphatic heterocycles. The number of carbonyl (C=O) groups is 4. The Labute approximate surface area is 223 Å². The Morgan fingerprint density at radius 1 is 1.11 bits per heavy atom. The molecule has 1 aromatic rings. The predicted molar refractivity (Wildman–Crippen MR) is 132 cm³/mol. The Bertz CT molecular complexity index is 1250. The molecule has 4 amide bonds. The molecule has 0 spiro atoms. The minimum Gasteiger partial charge on any atom is -0.503 e. The summed E-state index contributed by atoms with van der Waals surface area (Å²) in [5.41, 5.74) is 1.06. The quantitative estimate of drug-likeness (QED) is 0.347. The van der Waals surface area contributed by atoms with Crippen LogP contribution in [0.4, 0.5) is 0 Å². The number of rotatable bonds is 4. The van der Waals surface area contributed by atoms with Crippen molar-refractivity contribution in [2.75, 3.05) is 20.7 Å². The van der Waals surface area contributed by atoms with Gasteiger partial charge in [0.1, 0.15) is 0 Å². The first-order valence-corrected chi connectivity index (χ1v) is 12.9. The molecule has 1 N–H and O–H groups in total. The number of allylic oxidation sites excluding steroid dienone is 2. The second kappa shape index (κ2) is 8.36. The SMILES string of the molecule is CCCN1C(=O)[C@H]2[C@H](CC=C3[C@H]2C[C@@]2(Cl)C(=O)N(C)C(=O)[C@@]2(Cl)[C@H]3c2cc(Cl)c(O)c(OC)c2)C1=O. The number of methoxy groups -OCH3 is 1. The smallest absolute Gasteiger partial charge is 0.253 e. The van der Waals surface area contributed by atoms with Crippen molar-refractivity contribution in [3.8, 4) is 11.5 Å². The number of ether oxygens (including phenoxy) is 1. The van der Waals surface area contributed by atoms with Gasteiger partial charge in [0.05, 0.1) is 24.0 Å². The van der Waals surface area contributed by atoms with Crippen LogP contribution in [-0.4, -0.2) is 69.0 Å². The first kappa shape index (κ1) is 25.4. The van der Waals surface area contributed by atoms with E-state index in [2.05, 4.69) is 0 Å². The standard InChI is InChI=1S/C25H25Cl3N2O6/c1-4-7-30-20(32)13-6-5-12-14(17(13)21(30)33)10-24(27)22(34)29(2)23(35)25(24,28)18(12)11-8-15(26)19(31)16(9-11)36-3/h5,8-9,13-14,17-18,31H,4,6-7,10H2,1-3H3/t13-,14+,17-,18-,24+,25-/m0/s1. The number of fused-ring (bicyclic) bond motifs is 4. The number of phenols is 1. The van der Waals surface area contributed by atoms with Crippen molar-refractivity contribution in [2.24, 2.45) is 17.8 Å². The van der Waals surface area contributed by atoms with Gasteiger partial charge in [-0.25, -0.2) is 0 Å². The summed E-state index contributed by atoms with van der Waals surface area (Å²) in [4.78, 5) is 51.9. The highest BCUT2D eigenvalue weighted by atomic mass is 35.5. The van der Waals surface area contributed by atoms with Crippen LogP contribution in [0.15, 0.2) is 23.8 Å². The van der Waals surface area contributed by atoms with Gasteiger partial charge in [0.15, 0.2) is 21.2 Å². The summed E-state index contributed by atoms with van der Waals surface area (Å²) in [5, 5.41) is 10.3. The fourth-order valence-electron chi connectivity index (χ4n) is 6.54. The molecule has 11 heteroatoms. The van der Waals surface area contributed by atoms with Crippen LogP contribution in [0.1, 0.15) is 37.7 Å². The number of carbonyl (C=O) groups excluding carboxylic acids is 4. The van der Waals surface area contributed by atoms with E-state index in [4.69, 9.17) is 39.5 Å². The van der Waals surface area contributed by atoms with E-state index in [0.717, 1.165) is 4.90 Å². The summed E-state index contributed by atoms with van der Waals surface area (Å²) in [6, 6.07) is 2.96. The van der Waals surface area contributed by atoms with Gasteiger partial charge in [-0.3, -0.25) is 29.0 Å². The average molecular weight is 556 g/mol. The van der Waals surface area contributed by atoms with Gasteiger partial charge in [-0.15, -0.1) is 23.2 Å². The Morgan fingerprint density at radius 2 is 1.81 bits per heavy atom. The topological polar surface area (TPSA) is 104 Å². The number of nitrogens with zero attached hydrogens (tertiary/aromatic N) is 2. The molecule has 6 atom stereocenters. The van der Waals surface area contributed by atoms with Crippen molar-refractivity contribution in [3.63, 3.8) is 0 Å². The normalized spacial score (nSPS) is 35.6. The maximum atomic E-state index is 13.5. The molecule has 36 heavy (non-hydrogen) atoms. The summed E-state index contributed by atoms with van der Waals surface area (Å²) in [6.45, 7) is 2.20. The number of hydrogen-bond acceptors (Lipinski definition) is 6. The molecule has 5 rings (SSSR count). The molecule has 2 aliphatic carbocycles. The maximum absolute atomic E-state index is 13.5. The van der Waals surface area contributed by atoms with Crippen LogP contribution < -0.4 is 4.74 Å².